The van der Waals surface area contributed by atoms with E-state index < -0.39 is 5.60 Å². The molecule has 0 N–H and O–H groups in total. The summed E-state index contributed by atoms with van der Waals surface area (Å²) in [6.07, 6.45) is 7.26. The highest BCUT2D eigenvalue weighted by Crippen LogP contribution is 2.41. The first-order chi connectivity index (χ1) is 11.4. The van der Waals surface area contributed by atoms with Crippen LogP contribution in [0.4, 0.5) is 4.79 Å². The molecule has 0 aromatic carbocycles. The first-order valence-electron chi connectivity index (χ1n) is 9.23. The van der Waals surface area contributed by atoms with Crippen LogP contribution in [0.5, 0.6) is 0 Å². The second-order valence-electron chi connectivity index (χ2n) is 8.63. The number of rotatable bonds is 3. The highest BCUT2D eigenvalue weighted by molar-refractivity contribution is 5.69. The van der Waals surface area contributed by atoms with Gasteiger partial charge in [0.25, 0.3) is 0 Å². The smallest absolute Gasteiger partial charge is 0.410 e. The minimum absolute atomic E-state index is 0.151. The summed E-state index contributed by atoms with van der Waals surface area (Å²) >= 11 is 0. The Balaban J connectivity index is 1.37. The molecule has 1 saturated carbocycles. The van der Waals surface area contributed by atoms with Crippen LogP contribution < -0.4 is 0 Å². The van der Waals surface area contributed by atoms with Gasteiger partial charge in [-0.3, -0.25) is 0 Å². The van der Waals surface area contributed by atoms with Gasteiger partial charge in [0.05, 0.1) is 0 Å². The molecule has 6 heteroatoms. The van der Waals surface area contributed by atoms with Crippen molar-refractivity contribution >= 4 is 6.09 Å². The van der Waals surface area contributed by atoms with Crippen molar-refractivity contribution in [2.75, 3.05) is 0 Å². The number of carbonyl (C=O) groups excluding carboxylic acids is 1. The van der Waals surface area contributed by atoms with E-state index in [-0.39, 0.29) is 6.09 Å². The van der Waals surface area contributed by atoms with E-state index in [0.717, 1.165) is 43.8 Å². The van der Waals surface area contributed by atoms with E-state index in [1.54, 1.807) is 0 Å². The molecule has 3 atom stereocenters. The van der Waals surface area contributed by atoms with Gasteiger partial charge in [-0.2, -0.15) is 4.98 Å². The maximum absolute atomic E-state index is 12.5. The van der Waals surface area contributed by atoms with E-state index in [9.17, 15) is 4.79 Å². The highest BCUT2D eigenvalue weighted by atomic mass is 16.6. The van der Waals surface area contributed by atoms with Crippen molar-refractivity contribution in [1.82, 2.24) is 15.0 Å². The Labute approximate surface area is 142 Å². The van der Waals surface area contributed by atoms with E-state index in [1.165, 1.54) is 12.8 Å². The van der Waals surface area contributed by atoms with E-state index in [2.05, 4.69) is 10.1 Å². The van der Waals surface area contributed by atoms with Gasteiger partial charge in [0.15, 0.2) is 5.82 Å². The lowest BCUT2D eigenvalue weighted by molar-refractivity contribution is 0.00180. The number of hydrogen-bond donors (Lipinski definition) is 0. The lowest BCUT2D eigenvalue weighted by Gasteiger charge is -2.39. The summed E-state index contributed by atoms with van der Waals surface area (Å²) in [5.74, 6) is 2.72. The van der Waals surface area contributed by atoms with Gasteiger partial charge in [-0.1, -0.05) is 5.16 Å². The first-order valence-corrected chi connectivity index (χ1v) is 9.23. The standard InChI is InChI=1S/C18H27N3O3/c1-18(2,3)23-17(22)21-13-6-7-14(21)9-11(8-13)10-15-19-16(20-24-15)12-4-5-12/h11-14H,4-10H2,1-3H3/t11?,13-,14+. The maximum atomic E-state index is 12.5. The molecule has 3 heterocycles. The topological polar surface area (TPSA) is 68.5 Å². The predicted octanol–water partition coefficient (Wildman–Crippen LogP) is 3.67. The van der Waals surface area contributed by atoms with E-state index >= 15 is 0 Å². The number of fused-ring (bicyclic) bond motifs is 2. The fraction of sp³-hybridized carbons (Fsp3) is 0.833. The number of carbonyl (C=O) groups is 1. The van der Waals surface area contributed by atoms with Gasteiger partial charge in [-0.15, -0.1) is 0 Å². The van der Waals surface area contributed by atoms with Gasteiger partial charge in [0, 0.05) is 24.4 Å². The Bertz CT molecular complexity index is 603. The number of piperidine rings is 1. The molecule has 1 aliphatic carbocycles. The molecule has 0 radical (unpaired) electrons. The summed E-state index contributed by atoms with van der Waals surface area (Å²) in [6, 6.07) is 0.601. The summed E-state index contributed by atoms with van der Waals surface area (Å²) in [5.41, 5.74) is -0.434. The second-order valence-corrected chi connectivity index (χ2v) is 8.63. The molecular formula is C18H27N3O3. The summed E-state index contributed by atoms with van der Waals surface area (Å²) in [5, 5.41) is 4.11. The molecule has 2 saturated heterocycles. The van der Waals surface area contributed by atoms with Crippen LogP contribution in [-0.2, 0) is 11.2 Å². The number of ether oxygens (including phenoxy) is 1. The second kappa shape index (κ2) is 5.74. The van der Waals surface area contributed by atoms with Crippen molar-refractivity contribution in [3.63, 3.8) is 0 Å². The molecule has 2 bridgehead atoms. The number of hydrogen-bond acceptors (Lipinski definition) is 5. The Kier molecular flexibility index (Phi) is 3.81. The molecule has 1 aromatic rings. The van der Waals surface area contributed by atoms with E-state index in [4.69, 9.17) is 9.26 Å². The third-order valence-corrected chi connectivity index (χ3v) is 5.32. The molecule has 1 aromatic heterocycles. The van der Waals surface area contributed by atoms with Gasteiger partial charge in [-0.25, -0.2) is 4.79 Å². The van der Waals surface area contributed by atoms with Crippen LogP contribution in [0.25, 0.3) is 0 Å². The quantitative estimate of drug-likeness (QED) is 0.844. The summed E-state index contributed by atoms with van der Waals surface area (Å²) in [7, 11) is 0. The van der Waals surface area contributed by atoms with Crippen LogP contribution in [0.2, 0.25) is 0 Å². The Morgan fingerprint density at radius 3 is 2.46 bits per heavy atom. The van der Waals surface area contributed by atoms with Crippen LogP contribution in [-0.4, -0.2) is 38.8 Å². The lowest BCUT2D eigenvalue weighted by Crippen LogP contribution is -2.48. The Morgan fingerprint density at radius 2 is 1.88 bits per heavy atom. The van der Waals surface area contributed by atoms with Crippen molar-refractivity contribution < 1.29 is 14.1 Å². The zero-order valence-electron chi connectivity index (χ0n) is 14.8. The lowest BCUT2D eigenvalue weighted by atomic mass is 9.88. The SMILES string of the molecule is CC(C)(C)OC(=O)N1[C@@H]2CC[C@H]1CC(Cc1nc(C3CC3)no1)C2. The highest BCUT2D eigenvalue weighted by Gasteiger charge is 2.45. The number of amides is 1. The summed E-state index contributed by atoms with van der Waals surface area (Å²) in [6.45, 7) is 5.77. The van der Waals surface area contributed by atoms with Crippen molar-refractivity contribution in [3.05, 3.63) is 11.7 Å². The van der Waals surface area contributed by atoms with Crippen molar-refractivity contribution in [2.24, 2.45) is 5.92 Å². The van der Waals surface area contributed by atoms with Crippen LogP contribution in [0.15, 0.2) is 4.52 Å². The average Bonchev–Trinajstić information content (AvgIpc) is 3.16. The molecule has 0 spiro atoms. The molecule has 132 valence electrons. The molecule has 1 unspecified atom stereocenters. The Hall–Kier alpha value is -1.59. The maximum Gasteiger partial charge on any atom is 0.410 e. The van der Waals surface area contributed by atoms with Crippen LogP contribution in [0.1, 0.15) is 76.9 Å². The van der Waals surface area contributed by atoms with E-state index in [1.807, 2.05) is 25.7 Å². The number of aromatic nitrogens is 2. The van der Waals surface area contributed by atoms with E-state index in [0.29, 0.717) is 23.9 Å². The van der Waals surface area contributed by atoms with Gasteiger partial charge >= 0.3 is 6.09 Å². The van der Waals surface area contributed by atoms with Crippen molar-refractivity contribution in [1.29, 1.82) is 0 Å². The predicted molar refractivity (Wildman–Crippen MR) is 87.6 cm³/mol. The molecule has 4 rings (SSSR count). The zero-order chi connectivity index (χ0) is 16.9. The molecule has 1 amide bonds. The van der Waals surface area contributed by atoms with Crippen LogP contribution in [0.3, 0.4) is 0 Å². The molecule has 3 aliphatic rings. The fourth-order valence-electron chi connectivity index (χ4n) is 4.17. The summed E-state index contributed by atoms with van der Waals surface area (Å²) in [4.78, 5) is 19.0. The molecule has 24 heavy (non-hydrogen) atoms. The van der Waals surface area contributed by atoms with Gasteiger partial charge in [-0.05, 0) is 65.2 Å². The van der Waals surface area contributed by atoms with Gasteiger partial charge in [0.2, 0.25) is 5.89 Å². The third-order valence-electron chi connectivity index (χ3n) is 5.32. The monoisotopic (exact) mass is 333 g/mol. The molecule has 6 nitrogen and oxygen atoms in total. The summed E-state index contributed by atoms with van der Waals surface area (Å²) < 4.78 is 11.0. The average molecular weight is 333 g/mol. The molecule has 2 aliphatic heterocycles. The fourth-order valence-corrected chi connectivity index (χ4v) is 4.17. The van der Waals surface area contributed by atoms with Gasteiger partial charge in [0.1, 0.15) is 5.60 Å². The largest absolute Gasteiger partial charge is 0.444 e. The van der Waals surface area contributed by atoms with Crippen LogP contribution in [0, 0.1) is 5.92 Å². The minimum atomic E-state index is -0.434. The molecular weight excluding hydrogens is 306 g/mol. The van der Waals surface area contributed by atoms with Crippen molar-refractivity contribution in [3.8, 4) is 0 Å². The zero-order valence-corrected chi connectivity index (χ0v) is 14.8. The van der Waals surface area contributed by atoms with Gasteiger partial charge < -0.3 is 14.2 Å². The van der Waals surface area contributed by atoms with Crippen LogP contribution >= 0.6 is 0 Å². The first kappa shape index (κ1) is 15.9. The van der Waals surface area contributed by atoms with Crippen molar-refractivity contribution in [2.45, 2.75) is 89.3 Å². The Morgan fingerprint density at radius 1 is 1.21 bits per heavy atom. The normalized spacial score (nSPS) is 29.8. The minimum Gasteiger partial charge on any atom is -0.444 e. The number of nitrogens with zero attached hydrogens (tertiary/aromatic N) is 3. The molecule has 3 fully saturated rings. The third kappa shape index (κ3) is 3.28.